The van der Waals surface area contributed by atoms with Crippen molar-refractivity contribution in [2.75, 3.05) is 18.5 Å². The van der Waals surface area contributed by atoms with Gasteiger partial charge in [0.2, 0.25) is 0 Å². The largest absolute Gasteiger partial charge is 0.494 e. The Kier molecular flexibility index (Phi) is 6.33. The van der Waals surface area contributed by atoms with Crippen LogP contribution < -0.4 is 10.1 Å². The van der Waals surface area contributed by atoms with E-state index in [9.17, 15) is 15.2 Å². The van der Waals surface area contributed by atoms with E-state index in [4.69, 9.17) is 4.74 Å². The number of ether oxygens (including phenoxy) is 1. The number of aliphatic hydroxyl groups excluding tert-OH is 1. The highest BCUT2D eigenvalue weighted by Gasteiger charge is 2.08. The van der Waals surface area contributed by atoms with Gasteiger partial charge in [0.25, 0.3) is 5.69 Å². The maximum absolute atomic E-state index is 11.0. The van der Waals surface area contributed by atoms with E-state index >= 15 is 0 Å². The number of anilines is 1. The van der Waals surface area contributed by atoms with Gasteiger partial charge in [-0.2, -0.15) is 0 Å². The molecule has 2 rings (SSSR count). The van der Waals surface area contributed by atoms with Gasteiger partial charge < -0.3 is 15.2 Å². The van der Waals surface area contributed by atoms with Gasteiger partial charge in [0.1, 0.15) is 5.75 Å². The molecule has 0 saturated heterocycles. The van der Waals surface area contributed by atoms with Crippen LogP contribution >= 0.6 is 0 Å². The number of rotatable bonds is 8. The first kappa shape index (κ1) is 17.5. The molecule has 0 spiro atoms. The molecule has 0 unspecified atom stereocenters. The van der Waals surface area contributed by atoms with E-state index in [-0.39, 0.29) is 12.3 Å². The molecule has 2 N–H and O–H groups in total. The SMILES string of the molecule is CCOc1ccc(NC/C=C/c2ccccc2[N+](=O)[O-])cc1CO. The van der Waals surface area contributed by atoms with Gasteiger partial charge in [0.15, 0.2) is 0 Å². The van der Waals surface area contributed by atoms with Crippen molar-refractivity contribution < 1.29 is 14.8 Å². The number of para-hydroxylation sites is 1. The molecule has 0 aromatic heterocycles. The summed E-state index contributed by atoms with van der Waals surface area (Å²) >= 11 is 0. The van der Waals surface area contributed by atoms with Crippen LogP contribution in [0.15, 0.2) is 48.5 Å². The van der Waals surface area contributed by atoms with E-state index < -0.39 is 4.92 Å². The van der Waals surface area contributed by atoms with E-state index in [0.29, 0.717) is 30.0 Å². The molecule has 2 aromatic rings. The number of hydrogen-bond acceptors (Lipinski definition) is 5. The van der Waals surface area contributed by atoms with Gasteiger partial charge in [-0.1, -0.05) is 24.3 Å². The van der Waals surface area contributed by atoms with Gasteiger partial charge in [0, 0.05) is 23.9 Å². The topological polar surface area (TPSA) is 84.6 Å². The third-order valence-electron chi connectivity index (χ3n) is 3.39. The lowest BCUT2D eigenvalue weighted by Gasteiger charge is -2.11. The molecule has 0 aliphatic heterocycles. The maximum Gasteiger partial charge on any atom is 0.276 e. The maximum atomic E-state index is 11.0. The summed E-state index contributed by atoms with van der Waals surface area (Å²) in [5.41, 5.74) is 2.20. The number of nitrogens with one attached hydrogen (secondary N) is 1. The van der Waals surface area contributed by atoms with Gasteiger partial charge in [0.05, 0.1) is 23.7 Å². The Balaban J connectivity index is 2.00. The van der Waals surface area contributed by atoms with Crippen molar-refractivity contribution in [3.05, 3.63) is 69.8 Å². The minimum Gasteiger partial charge on any atom is -0.494 e. The highest BCUT2D eigenvalue weighted by atomic mass is 16.6. The Bertz CT molecular complexity index is 729. The third kappa shape index (κ3) is 4.57. The molecule has 0 bridgehead atoms. The van der Waals surface area contributed by atoms with Crippen LogP contribution in [0.5, 0.6) is 5.75 Å². The molecule has 0 amide bonds. The number of nitrogens with zero attached hydrogens (tertiary/aromatic N) is 1. The molecular weight excluding hydrogens is 308 g/mol. The second-order valence-electron chi connectivity index (χ2n) is 5.01. The fourth-order valence-electron chi connectivity index (χ4n) is 2.27. The summed E-state index contributed by atoms with van der Waals surface area (Å²) in [4.78, 5) is 10.6. The summed E-state index contributed by atoms with van der Waals surface area (Å²) < 4.78 is 5.44. The van der Waals surface area contributed by atoms with Crippen molar-refractivity contribution in [3.63, 3.8) is 0 Å². The molecule has 126 valence electrons. The molecule has 6 nitrogen and oxygen atoms in total. The lowest BCUT2D eigenvalue weighted by molar-refractivity contribution is -0.385. The van der Waals surface area contributed by atoms with Crippen LogP contribution in [0.25, 0.3) is 6.08 Å². The quantitative estimate of drug-likeness (QED) is 0.571. The Labute approximate surface area is 140 Å². The molecular formula is C18H20N2O4. The van der Waals surface area contributed by atoms with E-state index in [0.717, 1.165) is 5.69 Å². The Morgan fingerprint density at radius 3 is 2.79 bits per heavy atom. The second-order valence-corrected chi connectivity index (χ2v) is 5.01. The summed E-state index contributed by atoms with van der Waals surface area (Å²) in [6.45, 7) is 2.83. The smallest absolute Gasteiger partial charge is 0.276 e. The van der Waals surface area contributed by atoms with E-state index in [1.54, 1.807) is 24.3 Å². The van der Waals surface area contributed by atoms with Crippen molar-refractivity contribution in [3.8, 4) is 5.75 Å². The first-order valence-corrected chi connectivity index (χ1v) is 7.66. The molecule has 0 atom stereocenters. The first-order valence-electron chi connectivity index (χ1n) is 7.66. The highest BCUT2D eigenvalue weighted by Crippen LogP contribution is 2.23. The average Bonchev–Trinajstić information content (AvgIpc) is 2.60. The van der Waals surface area contributed by atoms with Crippen molar-refractivity contribution in [1.82, 2.24) is 0 Å². The lowest BCUT2D eigenvalue weighted by atomic mass is 10.1. The Morgan fingerprint density at radius 1 is 1.29 bits per heavy atom. The summed E-state index contributed by atoms with van der Waals surface area (Å²) in [5, 5.41) is 23.5. The molecule has 0 fully saturated rings. The number of hydrogen-bond donors (Lipinski definition) is 2. The van der Waals surface area contributed by atoms with Gasteiger partial charge in [-0.05, 0) is 31.2 Å². The standard InChI is InChI=1S/C18H20N2O4/c1-2-24-18-10-9-16(12-15(18)13-21)19-11-5-7-14-6-3-4-8-17(14)20(22)23/h3-10,12,19,21H,2,11,13H2,1H3/b7-5+. The fourth-order valence-corrected chi connectivity index (χ4v) is 2.27. The molecule has 0 aliphatic rings. The van der Waals surface area contributed by atoms with Crippen molar-refractivity contribution in [2.45, 2.75) is 13.5 Å². The molecule has 0 saturated carbocycles. The van der Waals surface area contributed by atoms with E-state index in [2.05, 4.69) is 5.32 Å². The molecule has 6 heteroatoms. The lowest BCUT2D eigenvalue weighted by Crippen LogP contribution is -2.01. The summed E-state index contributed by atoms with van der Waals surface area (Å²) in [7, 11) is 0. The fraction of sp³-hybridized carbons (Fsp3) is 0.222. The van der Waals surface area contributed by atoms with Crippen LogP contribution in [0, 0.1) is 10.1 Å². The molecule has 24 heavy (non-hydrogen) atoms. The monoisotopic (exact) mass is 328 g/mol. The van der Waals surface area contributed by atoms with Crippen molar-refractivity contribution in [1.29, 1.82) is 0 Å². The van der Waals surface area contributed by atoms with Crippen LogP contribution in [-0.4, -0.2) is 23.2 Å². The molecule has 2 aromatic carbocycles. The Hall–Kier alpha value is -2.86. The normalized spacial score (nSPS) is 10.8. The first-order chi connectivity index (χ1) is 11.7. The molecule has 0 aliphatic carbocycles. The van der Waals surface area contributed by atoms with Crippen molar-refractivity contribution >= 4 is 17.5 Å². The van der Waals surface area contributed by atoms with Crippen LogP contribution in [0.2, 0.25) is 0 Å². The van der Waals surface area contributed by atoms with E-state index in [1.165, 1.54) is 6.07 Å². The van der Waals surface area contributed by atoms with Crippen LogP contribution in [0.4, 0.5) is 11.4 Å². The number of nitro benzene ring substituents is 1. The predicted molar refractivity (Wildman–Crippen MR) is 94.2 cm³/mol. The zero-order valence-corrected chi connectivity index (χ0v) is 13.4. The predicted octanol–water partition coefficient (Wildman–Crippen LogP) is 3.61. The third-order valence-corrected chi connectivity index (χ3v) is 3.39. The summed E-state index contributed by atoms with van der Waals surface area (Å²) in [5.74, 6) is 0.668. The van der Waals surface area contributed by atoms with E-state index in [1.807, 2.05) is 31.2 Å². The van der Waals surface area contributed by atoms with Crippen molar-refractivity contribution in [2.24, 2.45) is 0 Å². The number of benzene rings is 2. The van der Waals surface area contributed by atoms with Gasteiger partial charge >= 0.3 is 0 Å². The van der Waals surface area contributed by atoms with Crippen LogP contribution in [0.1, 0.15) is 18.1 Å². The van der Waals surface area contributed by atoms with Crippen LogP contribution in [-0.2, 0) is 6.61 Å². The van der Waals surface area contributed by atoms with Crippen LogP contribution in [0.3, 0.4) is 0 Å². The second kappa shape index (κ2) is 8.69. The average molecular weight is 328 g/mol. The van der Waals surface area contributed by atoms with Gasteiger partial charge in [-0.3, -0.25) is 10.1 Å². The number of aliphatic hydroxyl groups is 1. The molecule has 0 radical (unpaired) electrons. The molecule has 0 heterocycles. The zero-order chi connectivity index (χ0) is 17.4. The van der Waals surface area contributed by atoms with Gasteiger partial charge in [-0.15, -0.1) is 0 Å². The summed E-state index contributed by atoms with van der Waals surface area (Å²) in [6, 6.07) is 12.1. The Morgan fingerprint density at radius 2 is 2.08 bits per heavy atom. The number of nitro groups is 1. The zero-order valence-electron chi connectivity index (χ0n) is 13.4. The highest BCUT2D eigenvalue weighted by molar-refractivity contribution is 5.61. The minimum absolute atomic E-state index is 0.0809. The van der Waals surface area contributed by atoms with Gasteiger partial charge in [-0.25, -0.2) is 0 Å². The summed E-state index contributed by atoms with van der Waals surface area (Å²) in [6.07, 6.45) is 3.53. The minimum atomic E-state index is -0.396.